The number of terminal acetylenes is 1. The van der Waals surface area contributed by atoms with Gasteiger partial charge in [0.15, 0.2) is 0 Å². The summed E-state index contributed by atoms with van der Waals surface area (Å²) in [7, 11) is -3.54. The van der Waals surface area contributed by atoms with E-state index in [0.717, 1.165) is 0 Å². The molecule has 0 aromatic rings. The molecule has 1 aliphatic rings. The first kappa shape index (κ1) is 13.0. The Morgan fingerprint density at radius 2 is 2.19 bits per heavy atom. The quantitative estimate of drug-likeness (QED) is 0.682. The number of hydrogen-bond acceptors (Lipinski definition) is 3. The molecule has 1 aliphatic heterocycles. The first-order valence-electron chi connectivity index (χ1n) is 4.94. The van der Waals surface area contributed by atoms with E-state index in [1.54, 1.807) is 13.8 Å². The van der Waals surface area contributed by atoms with Gasteiger partial charge in [-0.15, -0.1) is 6.42 Å². The third-order valence-corrected chi connectivity index (χ3v) is 3.64. The lowest BCUT2D eigenvalue weighted by molar-refractivity contribution is -0.130. The molecule has 16 heavy (non-hydrogen) atoms. The summed E-state index contributed by atoms with van der Waals surface area (Å²) in [6.45, 7) is 3.86. The molecule has 1 atom stereocenters. The fourth-order valence-electron chi connectivity index (χ4n) is 1.84. The van der Waals surface area contributed by atoms with Crippen LogP contribution in [0.1, 0.15) is 20.3 Å². The molecule has 2 N–H and O–H groups in total. The van der Waals surface area contributed by atoms with Crippen molar-refractivity contribution in [3.63, 3.8) is 0 Å². The molecule has 0 radical (unpaired) electrons. The summed E-state index contributed by atoms with van der Waals surface area (Å²) >= 11 is 0. The highest BCUT2D eigenvalue weighted by Crippen LogP contribution is 2.26. The van der Waals surface area contributed by atoms with E-state index in [4.69, 9.17) is 11.6 Å². The molecule has 0 bridgehead atoms. The van der Waals surface area contributed by atoms with Crippen LogP contribution in [0.3, 0.4) is 0 Å². The molecule has 5 nitrogen and oxygen atoms in total. The predicted octanol–water partition coefficient (Wildman–Crippen LogP) is -0.465. The van der Waals surface area contributed by atoms with Crippen LogP contribution in [0.5, 0.6) is 0 Å². The zero-order valence-electron chi connectivity index (χ0n) is 9.43. The van der Waals surface area contributed by atoms with Crippen LogP contribution < -0.4 is 5.14 Å². The standard InChI is InChI=1S/C10H16N2O3S/c1-4-10(2,3)12-6-8(5-9(12)13)7-16(11,14)15/h1,8H,5-7H2,2-3H3,(H2,11,14,15). The Morgan fingerprint density at radius 1 is 1.62 bits per heavy atom. The number of carbonyl (C=O) groups excluding carboxylic acids is 1. The number of nitrogens with zero attached hydrogens (tertiary/aromatic N) is 1. The molecular formula is C10H16N2O3S. The predicted molar refractivity (Wildman–Crippen MR) is 60.7 cm³/mol. The Bertz CT molecular complexity index is 433. The maximum absolute atomic E-state index is 11.7. The topological polar surface area (TPSA) is 80.5 Å². The molecule has 0 aliphatic carbocycles. The van der Waals surface area contributed by atoms with Crippen molar-refractivity contribution in [2.75, 3.05) is 12.3 Å². The monoisotopic (exact) mass is 244 g/mol. The Kier molecular flexibility index (Phi) is 3.31. The van der Waals surface area contributed by atoms with Crippen LogP contribution in [0.4, 0.5) is 0 Å². The number of primary sulfonamides is 1. The second-order valence-corrected chi connectivity index (χ2v) is 6.27. The van der Waals surface area contributed by atoms with Crippen LogP contribution >= 0.6 is 0 Å². The van der Waals surface area contributed by atoms with E-state index < -0.39 is 15.6 Å². The first-order chi connectivity index (χ1) is 7.15. The van der Waals surface area contributed by atoms with Crippen LogP contribution in [-0.4, -0.2) is 37.1 Å². The number of rotatable bonds is 3. The average Bonchev–Trinajstić information content (AvgIpc) is 2.44. The Hall–Kier alpha value is -1.06. The van der Waals surface area contributed by atoms with Gasteiger partial charge in [-0.3, -0.25) is 4.79 Å². The summed E-state index contributed by atoms with van der Waals surface area (Å²) in [5.41, 5.74) is -0.676. The normalized spacial score (nSPS) is 22.2. The second-order valence-electron chi connectivity index (χ2n) is 4.61. The molecule has 1 heterocycles. The van der Waals surface area contributed by atoms with Gasteiger partial charge in [0.2, 0.25) is 15.9 Å². The largest absolute Gasteiger partial charge is 0.326 e. The lowest BCUT2D eigenvalue weighted by atomic mass is 10.1. The average molecular weight is 244 g/mol. The molecule has 0 saturated carbocycles. The summed E-state index contributed by atoms with van der Waals surface area (Å²) in [5.74, 6) is 1.98. The van der Waals surface area contributed by atoms with Gasteiger partial charge < -0.3 is 4.90 Å². The van der Waals surface area contributed by atoms with Crippen molar-refractivity contribution in [1.29, 1.82) is 0 Å². The van der Waals surface area contributed by atoms with Gasteiger partial charge in [-0.25, -0.2) is 13.6 Å². The van der Waals surface area contributed by atoms with Crippen molar-refractivity contribution in [3.8, 4) is 12.3 Å². The number of carbonyl (C=O) groups is 1. The minimum absolute atomic E-state index is 0.114. The fourth-order valence-corrected chi connectivity index (χ4v) is 2.72. The first-order valence-corrected chi connectivity index (χ1v) is 6.66. The third-order valence-electron chi connectivity index (χ3n) is 2.70. The van der Waals surface area contributed by atoms with Gasteiger partial charge in [0.25, 0.3) is 0 Å². The van der Waals surface area contributed by atoms with Crippen molar-refractivity contribution < 1.29 is 13.2 Å². The molecule has 0 spiro atoms. The van der Waals surface area contributed by atoms with E-state index in [0.29, 0.717) is 6.54 Å². The van der Waals surface area contributed by atoms with Gasteiger partial charge in [0, 0.05) is 18.9 Å². The number of nitrogens with two attached hydrogens (primary N) is 1. The molecule has 6 heteroatoms. The number of likely N-dealkylation sites (tertiary alicyclic amines) is 1. The SMILES string of the molecule is C#CC(C)(C)N1CC(CS(N)(=O)=O)CC1=O. The molecule has 0 aromatic carbocycles. The lowest BCUT2D eigenvalue weighted by Crippen LogP contribution is -2.44. The molecule has 1 fully saturated rings. The van der Waals surface area contributed by atoms with E-state index >= 15 is 0 Å². The molecule has 1 rings (SSSR count). The summed E-state index contributed by atoms with van der Waals surface area (Å²) in [4.78, 5) is 13.2. The van der Waals surface area contributed by atoms with Gasteiger partial charge in [0.1, 0.15) is 0 Å². The zero-order valence-corrected chi connectivity index (χ0v) is 10.3. The van der Waals surface area contributed by atoms with E-state index in [9.17, 15) is 13.2 Å². The number of hydrogen-bond donors (Lipinski definition) is 1. The highest BCUT2D eigenvalue weighted by atomic mass is 32.2. The number of amides is 1. The van der Waals surface area contributed by atoms with Crippen LogP contribution in [0.2, 0.25) is 0 Å². The molecule has 0 aromatic heterocycles. The van der Waals surface area contributed by atoms with Crippen LogP contribution in [0.15, 0.2) is 0 Å². The summed E-state index contributed by atoms with van der Waals surface area (Å²) < 4.78 is 21.9. The molecular weight excluding hydrogens is 228 g/mol. The summed E-state index contributed by atoms with van der Waals surface area (Å²) in [5, 5.41) is 4.95. The summed E-state index contributed by atoms with van der Waals surface area (Å²) in [6, 6.07) is 0. The Morgan fingerprint density at radius 3 is 2.62 bits per heavy atom. The minimum atomic E-state index is -3.54. The molecule has 90 valence electrons. The van der Waals surface area contributed by atoms with E-state index in [2.05, 4.69) is 5.92 Å². The van der Waals surface area contributed by atoms with Crippen molar-refractivity contribution in [1.82, 2.24) is 4.90 Å². The van der Waals surface area contributed by atoms with Crippen molar-refractivity contribution in [3.05, 3.63) is 0 Å². The Balaban J connectivity index is 2.77. The maximum atomic E-state index is 11.7. The van der Waals surface area contributed by atoms with Crippen LogP contribution in [-0.2, 0) is 14.8 Å². The second kappa shape index (κ2) is 4.07. The highest BCUT2D eigenvalue weighted by molar-refractivity contribution is 7.89. The van der Waals surface area contributed by atoms with Gasteiger partial charge >= 0.3 is 0 Å². The van der Waals surface area contributed by atoms with E-state index in [1.165, 1.54) is 4.90 Å². The smallest absolute Gasteiger partial charge is 0.224 e. The van der Waals surface area contributed by atoms with Gasteiger partial charge in [0.05, 0.1) is 11.3 Å². The van der Waals surface area contributed by atoms with E-state index in [1.807, 2.05) is 0 Å². The highest BCUT2D eigenvalue weighted by Gasteiger charge is 2.38. The van der Waals surface area contributed by atoms with Gasteiger partial charge in [-0.2, -0.15) is 0 Å². The lowest BCUT2D eigenvalue weighted by Gasteiger charge is -2.30. The third kappa shape index (κ3) is 2.97. The van der Waals surface area contributed by atoms with E-state index in [-0.39, 0.29) is 24.0 Å². The van der Waals surface area contributed by atoms with Crippen LogP contribution in [0, 0.1) is 18.3 Å². The number of sulfonamides is 1. The molecule has 1 saturated heterocycles. The van der Waals surface area contributed by atoms with Crippen molar-refractivity contribution in [2.24, 2.45) is 11.1 Å². The van der Waals surface area contributed by atoms with Crippen molar-refractivity contribution >= 4 is 15.9 Å². The van der Waals surface area contributed by atoms with Crippen LogP contribution in [0.25, 0.3) is 0 Å². The zero-order chi connectivity index (χ0) is 12.6. The molecule has 1 amide bonds. The van der Waals surface area contributed by atoms with Gasteiger partial charge in [-0.1, -0.05) is 5.92 Å². The summed E-state index contributed by atoms with van der Waals surface area (Å²) in [6.07, 6.45) is 5.53. The Labute approximate surface area is 96.0 Å². The van der Waals surface area contributed by atoms with Gasteiger partial charge in [-0.05, 0) is 13.8 Å². The fraction of sp³-hybridized carbons (Fsp3) is 0.700. The van der Waals surface area contributed by atoms with Crippen molar-refractivity contribution in [2.45, 2.75) is 25.8 Å². The minimum Gasteiger partial charge on any atom is -0.326 e. The molecule has 1 unspecified atom stereocenters. The maximum Gasteiger partial charge on any atom is 0.224 e.